The zero-order chi connectivity index (χ0) is 31.0. The van der Waals surface area contributed by atoms with E-state index in [2.05, 4.69) is 5.32 Å². The number of nitrogens with one attached hydrogen (secondary N) is 1. The minimum atomic E-state index is -3.90. The Morgan fingerprint density at radius 2 is 1.53 bits per heavy atom. The fourth-order valence-corrected chi connectivity index (χ4v) is 6.57. The molecule has 43 heavy (non-hydrogen) atoms. The minimum Gasteiger partial charge on any atom is -0.352 e. The highest BCUT2D eigenvalue weighted by atomic mass is 32.2. The van der Waals surface area contributed by atoms with Crippen LogP contribution in [0.15, 0.2) is 78.9 Å². The van der Waals surface area contributed by atoms with Crippen LogP contribution in [0.25, 0.3) is 0 Å². The summed E-state index contributed by atoms with van der Waals surface area (Å²) in [6, 6.07) is 21.6. The maximum absolute atomic E-state index is 15.0. The van der Waals surface area contributed by atoms with Crippen molar-refractivity contribution in [3.8, 4) is 0 Å². The van der Waals surface area contributed by atoms with Gasteiger partial charge in [-0.3, -0.25) is 13.9 Å². The maximum Gasteiger partial charge on any atom is 0.244 e. The molecule has 1 N–H and O–H groups in total. The summed E-state index contributed by atoms with van der Waals surface area (Å²) in [6.07, 6.45) is 6.14. The Morgan fingerprint density at radius 1 is 0.907 bits per heavy atom. The first kappa shape index (κ1) is 32.2. The van der Waals surface area contributed by atoms with Crippen molar-refractivity contribution >= 4 is 27.5 Å². The van der Waals surface area contributed by atoms with Crippen LogP contribution in [0.3, 0.4) is 0 Å². The largest absolute Gasteiger partial charge is 0.352 e. The highest BCUT2D eigenvalue weighted by Gasteiger charge is 2.35. The number of carbonyl (C=O) groups is 2. The van der Waals surface area contributed by atoms with Gasteiger partial charge in [0.2, 0.25) is 21.8 Å². The van der Waals surface area contributed by atoms with E-state index in [9.17, 15) is 22.4 Å². The van der Waals surface area contributed by atoms with Crippen molar-refractivity contribution in [2.45, 2.75) is 76.9 Å². The number of para-hydroxylation sites is 1. The fourth-order valence-electron chi connectivity index (χ4n) is 5.71. The lowest BCUT2D eigenvalue weighted by molar-refractivity contribution is -0.140. The highest BCUT2D eigenvalue weighted by molar-refractivity contribution is 7.92. The quantitative estimate of drug-likeness (QED) is 0.282. The van der Waals surface area contributed by atoms with Crippen molar-refractivity contribution in [2.75, 3.05) is 17.1 Å². The molecule has 0 spiro atoms. The van der Waals surface area contributed by atoms with Crippen LogP contribution in [0, 0.1) is 5.82 Å². The van der Waals surface area contributed by atoms with Crippen molar-refractivity contribution in [1.29, 1.82) is 0 Å². The molecular formula is C34H42FN3O4S. The van der Waals surface area contributed by atoms with Gasteiger partial charge in [0, 0.05) is 24.6 Å². The van der Waals surface area contributed by atoms with E-state index < -0.39 is 34.3 Å². The normalized spacial score (nSPS) is 14.7. The minimum absolute atomic E-state index is 0.00262. The molecule has 1 aliphatic carbocycles. The van der Waals surface area contributed by atoms with Gasteiger partial charge < -0.3 is 10.2 Å². The van der Waals surface area contributed by atoms with Gasteiger partial charge in [-0.05, 0) is 42.0 Å². The second-order valence-electron chi connectivity index (χ2n) is 11.6. The number of hydrogen-bond donors (Lipinski definition) is 1. The van der Waals surface area contributed by atoms with Crippen molar-refractivity contribution in [3.05, 3.63) is 101 Å². The van der Waals surface area contributed by atoms with Crippen molar-refractivity contribution in [1.82, 2.24) is 10.2 Å². The number of rotatable bonds is 12. The fraction of sp³-hybridized carbons (Fsp3) is 0.412. The predicted octanol–water partition coefficient (Wildman–Crippen LogP) is 5.80. The highest BCUT2D eigenvalue weighted by Crippen LogP contribution is 2.29. The average molecular weight is 608 g/mol. The molecule has 9 heteroatoms. The lowest BCUT2D eigenvalue weighted by Crippen LogP contribution is -2.55. The molecule has 0 radical (unpaired) electrons. The van der Waals surface area contributed by atoms with E-state index in [0.29, 0.717) is 5.69 Å². The third-order valence-corrected chi connectivity index (χ3v) is 9.15. The van der Waals surface area contributed by atoms with Crippen LogP contribution in [0.1, 0.15) is 68.6 Å². The van der Waals surface area contributed by atoms with Gasteiger partial charge in [-0.15, -0.1) is 0 Å². The van der Waals surface area contributed by atoms with Gasteiger partial charge in [0.15, 0.2) is 0 Å². The molecule has 3 aromatic rings. The summed E-state index contributed by atoms with van der Waals surface area (Å²) >= 11 is 0. The standard InChI is InChI=1S/C34H42FN3O4S/c1-25(2)29-19-11-13-21-31(29)38(43(3,41)42)24-33(39)37(23-27-16-10-12-20-30(27)35)32(22-26-14-6-4-7-15-26)34(40)36-28-17-8-5-9-18-28/h4,6-7,10-16,19-21,25,28,32H,5,8-9,17-18,22-24H2,1-3H3,(H,36,40)/t32-/m0/s1. The molecule has 1 atom stereocenters. The van der Waals surface area contributed by atoms with Gasteiger partial charge in [-0.2, -0.15) is 0 Å². The van der Waals surface area contributed by atoms with Crippen LogP contribution in [0.5, 0.6) is 0 Å². The van der Waals surface area contributed by atoms with Crippen LogP contribution < -0.4 is 9.62 Å². The van der Waals surface area contributed by atoms with Crippen molar-refractivity contribution < 1.29 is 22.4 Å². The monoisotopic (exact) mass is 607 g/mol. The van der Waals surface area contributed by atoms with Gasteiger partial charge in [0.05, 0.1) is 11.9 Å². The lowest BCUT2D eigenvalue weighted by Gasteiger charge is -2.35. The summed E-state index contributed by atoms with van der Waals surface area (Å²) in [5.74, 6) is -1.42. The summed E-state index contributed by atoms with van der Waals surface area (Å²) < 4.78 is 42.4. The molecule has 2 amide bonds. The molecule has 0 heterocycles. The number of anilines is 1. The Morgan fingerprint density at radius 3 is 2.19 bits per heavy atom. The second kappa shape index (κ2) is 14.6. The predicted molar refractivity (Wildman–Crippen MR) is 169 cm³/mol. The lowest BCUT2D eigenvalue weighted by atomic mass is 9.94. The van der Waals surface area contributed by atoms with E-state index in [-0.39, 0.29) is 36.4 Å². The zero-order valence-corrected chi connectivity index (χ0v) is 26.0. The van der Waals surface area contributed by atoms with Gasteiger partial charge in [-0.1, -0.05) is 99.8 Å². The summed E-state index contributed by atoms with van der Waals surface area (Å²) in [5.41, 5.74) is 2.26. The van der Waals surface area contributed by atoms with Crippen LogP contribution in [0.2, 0.25) is 0 Å². The molecule has 0 aliphatic heterocycles. The third kappa shape index (κ3) is 8.66. The molecule has 3 aromatic carbocycles. The van der Waals surface area contributed by atoms with E-state index in [1.54, 1.807) is 30.3 Å². The van der Waals surface area contributed by atoms with Crippen LogP contribution in [0.4, 0.5) is 10.1 Å². The number of benzene rings is 3. The molecular weight excluding hydrogens is 565 g/mol. The summed E-state index contributed by atoms with van der Waals surface area (Å²) in [6.45, 7) is 3.19. The van der Waals surface area contributed by atoms with Gasteiger partial charge in [-0.25, -0.2) is 12.8 Å². The Kier molecular flexibility index (Phi) is 11.0. The summed E-state index contributed by atoms with van der Waals surface area (Å²) in [4.78, 5) is 29.7. The average Bonchev–Trinajstić information content (AvgIpc) is 2.99. The van der Waals surface area contributed by atoms with Crippen LogP contribution in [-0.4, -0.2) is 50.0 Å². The molecule has 1 saturated carbocycles. The molecule has 0 saturated heterocycles. The Labute approximate surface area is 255 Å². The number of halogens is 1. The molecule has 230 valence electrons. The van der Waals surface area contributed by atoms with Crippen LogP contribution in [-0.2, 0) is 32.6 Å². The Bertz CT molecular complexity index is 1490. The number of amides is 2. The second-order valence-corrected chi connectivity index (χ2v) is 13.6. The van der Waals surface area contributed by atoms with E-state index in [1.165, 1.54) is 11.0 Å². The van der Waals surface area contributed by atoms with E-state index in [0.717, 1.165) is 53.8 Å². The Hall–Kier alpha value is -3.72. The van der Waals surface area contributed by atoms with E-state index in [1.807, 2.05) is 56.3 Å². The van der Waals surface area contributed by atoms with E-state index in [4.69, 9.17) is 0 Å². The smallest absolute Gasteiger partial charge is 0.244 e. The van der Waals surface area contributed by atoms with Crippen molar-refractivity contribution in [3.63, 3.8) is 0 Å². The number of hydrogen-bond acceptors (Lipinski definition) is 4. The van der Waals surface area contributed by atoms with Gasteiger partial charge >= 0.3 is 0 Å². The van der Waals surface area contributed by atoms with E-state index >= 15 is 0 Å². The molecule has 0 unspecified atom stereocenters. The number of sulfonamides is 1. The molecule has 0 aromatic heterocycles. The van der Waals surface area contributed by atoms with Gasteiger partial charge in [0.25, 0.3) is 0 Å². The first-order chi connectivity index (χ1) is 20.5. The topological polar surface area (TPSA) is 86.8 Å². The summed E-state index contributed by atoms with van der Waals surface area (Å²) in [5, 5.41) is 3.16. The Balaban J connectivity index is 1.76. The molecule has 4 rings (SSSR count). The number of carbonyl (C=O) groups excluding carboxylic acids is 2. The number of nitrogens with zero attached hydrogens (tertiary/aromatic N) is 2. The van der Waals surface area contributed by atoms with Crippen molar-refractivity contribution in [2.24, 2.45) is 0 Å². The molecule has 1 fully saturated rings. The third-order valence-electron chi connectivity index (χ3n) is 8.03. The zero-order valence-electron chi connectivity index (χ0n) is 25.2. The van der Waals surface area contributed by atoms with Crippen LogP contribution >= 0.6 is 0 Å². The maximum atomic E-state index is 15.0. The molecule has 1 aliphatic rings. The SMILES string of the molecule is CC(C)c1ccccc1N(CC(=O)N(Cc1ccccc1F)[C@@H](Cc1ccccc1)C(=O)NC1CCCCC1)S(C)(=O)=O. The first-order valence-corrected chi connectivity index (χ1v) is 16.8. The summed E-state index contributed by atoms with van der Waals surface area (Å²) in [7, 11) is -3.90. The van der Waals surface area contributed by atoms with Gasteiger partial charge in [0.1, 0.15) is 18.4 Å². The first-order valence-electron chi connectivity index (χ1n) is 15.0. The molecule has 0 bridgehead atoms. The molecule has 7 nitrogen and oxygen atoms in total.